The fraction of sp³-hybridized carbons (Fsp3) is 1.00. The molecule has 0 radical (unpaired) electrons. The molecule has 0 spiro atoms. The lowest BCUT2D eigenvalue weighted by molar-refractivity contribution is 0.279. The minimum absolute atomic E-state index is 0.102. The van der Waals surface area contributed by atoms with Crippen LogP contribution < -0.4 is 5.73 Å². The second-order valence-electron chi connectivity index (χ2n) is 4.45. The Morgan fingerprint density at radius 3 is 2.43 bits per heavy atom. The lowest BCUT2D eigenvalue weighted by Crippen LogP contribution is -2.48. The number of hydrogen-bond donors (Lipinski definition) is 1. The molecule has 3 heteroatoms. The van der Waals surface area contributed by atoms with Gasteiger partial charge < -0.3 is 15.5 Å². The van der Waals surface area contributed by atoms with Crippen LogP contribution >= 0.6 is 0 Å². The van der Waals surface area contributed by atoms with Crippen LogP contribution in [0, 0.1) is 5.92 Å². The Morgan fingerprint density at radius 1 is 1.29 bits per heavy atom. The zero-order valence-corrected chi connectivity index (χ0v) is 10.1. The first-order valence-electron chi connectivity index (χ1n) is 5.84. The Hall–Kier alpha value is -0.120. The van der Waals surface area contributed by atoms with Crippen molar-refractivity contribution in [3.8, 4) is 0 Å². The van der Waals surface area contributed by atoms with E-state index in [1.54, 1.807) is 0 Å². The summed E-state index contributed by atoms with van der Waals surface area (Å²) in [7, 11) is 2.17. The summed E-state index contributed by atoms with van der Waals surface area (Å²) in [6, 6.07) is 0. The molecule has 2 N–H and O–H groups in total. The highest BCUT2D eigenvalue weighted by atomic mass is 15.3. The highest BCUT2D eigenvalue weighted by Gasteiger charge is 2.48. The third-order valence-corrected chi connectivity index (χ3v) is 3.35. The van der Waals surface area contributed by atoms with E-state index in [0.717, 1.165) is 19.6 Å². The number of hydrogen-bond acceptors (Lipinski definition) is 3. The molecule has 2 fully saturated rings. The third kappa shape index (κ3) is 2.10. The van der Waals surface area contributed by atoms with Crippen LogP contribution in [-0.2, 0) is 0 Å². The van der Waals surface area contributed by atoms with E-state index in [-0.39, 0.29) is 5.54 Å². The molecule has 84 valence electrons. The number of likely N-dealkylation sites (N-methyl/N-ethyl adjacent to an activating group) is 2. The van der Waals surface area contributed by atoms with Crippen molar-refractivity contribution in [2.75, 3.05) is 39.8 Å². The van der Waals surface area contributed by atoms with Crippen molar-refractivity contribution < 1.29 is 0 Å². The third-order valence-electron chi connectivity index (χ3n) is 3.35. The lowest BCUT2D eigenvalue weighted by atomic mass is 9.92. The molecule has 2 atom stereocenters. The van der Waals surface area contributed by atoms with Crippen LogP contribution in [0.4, 0.5) is 0 Å². The number of likely N-dealkylation sites (tertiary alicyclic amines) is 2. The van der Waals surface area contributed by atoms with Gasteiger partial charge in [-0.2, -0.15) is 0 Å². The number of nitrogens with zero attached hydrogens (tertiary/aromatic N) is 2. The van der Waals surface area contributed by atoms with Gasteiger partial charge in [0.2, 0.25) is 0 Å². The van der Waals surface area contributed by atoms with Crippen LogP contribution in [0.1, 0.15) is 20.8 Å². The summed E-state index contributed by atoms with van der Waals surface area (Å²) in [5.74, 6) is 0.711. The lowest BCUT2D eigenvalue weighted by Gasteiger charge is -2.23. The molecule has 0 saturated carbocycles. The number of fused-ring (bicyclic) bond motifs is 1. The molecule has 0 aromatic rings. The first-order valence-corrected chi connectivity index (χ1v) is 5.84. The maximum atomic E-state index is 6.34. The Bertz CT molecular complexity index is 183. The zero-order valence-electron chi connectivity index (χ0n) is 10.1. The van der Waals surface area contributed by atoms with E-state index in [1.807, 2.05) is 13.8 Å². The number of nitrogens with two attached hydrogens (primary N) is 1. The molecule has 14 heavy (non-hydrogen) atoms. The van der Waals surface area contributed by atoms with Crippen LogP contribution in [0.25, 0.3) is 0 Å². The molecule has 2 unspecified atom stereocenters. The molecule has 0 bridgehead atoms. The Morgan fingerprint density at radius 2 is 1.93 bits per heavy atom. The Labute approximate surface area is 88.2 Å². The monoisotopic (exact) mass is 199 g/mol. The van der Waals surface area contributed by atoms with Gasteiger partial charge in [0.15, 0.2) is 0 Å². The highest BCUT2D eigenvalue weighted by Crippen LogP contribution is 2.31. The van der Waals surface area contributed by atoms with Crippen LogP contribution in [0.5, 0.6) is 0 Å². The average molecular weight is 199 g/mol. The van der Waals surface area contributed by atoms with Crippen LogP contribution in [0.3, 0.4) is 0 Å². The molecule has 0 aromatic heterocycles. The van der Waals surface area contributed by atoms with Gasteiger partial charge >= 0.3 is 0 Å². The van der Waals surface area contributed by atoms with Gasteiger partial charge in [0, 0.05) is 37.6 Å². The van der Waals surface area contributed by atoms with Crippen LogP contribution in [0.15, 0.2) is 0 Å². The predicted octanol–water partition coefficient (Wildman–Crippen LogP) is 0.607. The zero-order chi connectivity index (χ0) is 10.8. The molecule has 2 heterocycles. The van der Waals surface area contributed by atoms with Gasteiger partial charge in [-0.15, -0.1) is 0 Å². The standard InChI is InChI=1S/C9H19N3.C2H6/c1-3-12-5-8-4-11(2)6-9(8,10)7-12;1-2/h8H,3-7,10H2,1-2H3;1-2H3. The summed E-state index contributed by atoms with van der Waals surface area (Å²) in [6.45, 7) is 11.9. The molecule has 0 amide bonds. The molecule has 0 aromatic carbocycles. The van der Waals surface area contributed by atoms with Crippen molar-refractivity contribution in [3.63, 3.8) is 0 Å². The summed E-state index contributed by atoms with van der Waals surface area (Å²) in [5, 5.41) is 0. The average Bonchev–Trinajstić information content (AvgIpc) is 2.58. The van der Waals surface area contributed by atoms with Crippen molar-refractivity contribution in [2.45, 2.75) is 26.3 Å². The summed E-state index contributed by atoms with van der Waals surface area (Å²) in [5.41, 5.74) is 6.44. The van der Waals surface area contributed by atoms with Crippen LogP contribution in [0.2, 0.25) is 0 Å². The normalized spacial score (nSPS) is 37.9. The van der Waals surface area contributed by atoms with Crippen molar-refractivity contribution in [2.24, 2.45) is 11.7 Å². The molecule has 2 aliphatic heterocycles. The van der Waals surface area contributed by atoms with E-state index in [4.69, 9.17) is 5.73 Å². The fourth-order valence-electron chi connectivity index (χ4n) is 2.71. The van der Waals surface area contributed by atoms with Gasteiger partial charge in [-0.25, -0.2) is 0 Å². The smallest absolute Gasteiger partial charge is 0.0465 e. The largest absolute Gasteiger partial charge is 0.323 e. The van der Waals surface area contributed by atoms with E-state index in [2.05, 4.69) is 23.8 Å². The van der Waals surface area contributed by atoms with Crippen molar-refractivity contribution in [1.29, 1.82) is 0 Å². The topological polar surface area (TPSA) is 32.5 Å². The highest BCUT2D eigenvalue weighted by molar-refractivity contribution is 5.07. The second kappa shape index (κ2) is 4.60. The van der Waals surface area contributed by atoms with Crippen molar-refractivity contribution in [1.82, 2.24) is 9.80 Å². The molecule has 2 rings (SSSR count). The SMILES string of the molecule is CC.CCN1CC2CN(C)CC2(N)C1. The van der Waals surface area contributed by atoms with E-state index in [0.29, 0.717) is 5.92 Å². The van der Waals surface area contributed by atoms with Gasteiger partial charge in [-0.3, -0.25) is 0 Å². The van der Waals surface area contributed by atoms with Gasteiger partial charge in [0.1, 0.15) is 0 Å². The first kappa shape index (κ1) is 12.0. The summed E-state index contributed by atoms with van der Waals surface area (Å²) in [6.07, 6.45) is 0. The molecule has 3 nitrogen and oxygen atoms in total. The maximum absolute atomic E-state index is 6.34. The van der Waals surface area contributed by atoms with E-state index < -0.39 is 0 Å². The molecular weight excluding hydrogens is 174 g/mol. The summed E-state index contributed by atoms with van der Waals surface area (Å²) in [4.78, 5) is 4.83. The second-order valence-corrected chi connectivity index (χ2v) is 4.45. The molecular formula is C11H25N3. The van der Waals surface area contributed by atoms with Crippen LogP contribution in [-0.4, -0.2) is 55.1 Å². The van der Waals surface area contributed by atoms with E-state index >= 15 is 0 Å². The first-order chi connectivity index (χ1) is 6.64. The quantitative estimate of drug-likeness (QED) is 0.671. The summed E-state index contributed by atoms with van der Waals surface area (Å²) < 4.78 is 0. The number of rotatable bonds is 1. The van der Waals surface area contributed by atoms with Gasteiger partial charge in [0.05, 0.1) is 0 Å². The Kier molecular flexibility index (Phi) is 3.93. The predicted molar refractivity (Wildman–Crippen MR) is 61.4 cm³/mol. The molecule has 2 aliphatic rings. The van der Waals surface area contributed by atoms with Gasteiger partial charge in [0.25, 0.3) is 0 Å². The maximum Gasteiger partial charge on any atom is 0.0465 e. The van der Waals surface area contributed by atoms with E-state index in [1.165, 1.54) is 13.1 Å². The fourth-order valence-corrected chi connectivity index (χ4v) is 2.71. The molecule has 2 saturated heterocycles. The van der Waals surface area contributed by atoms with Gasteiger partial charge in [-0.05, 0) is 13.6 Å². The van der Waals surface area contributed by atoms with Crippen molar-refractivity contribution >= 4 is 0 Å². The summed E-state index contributed by atoms with van der Waals surface area (Å²) >= 11 is 0. The minimum Gasteiger partial charge on any atom is -0.323 e. The Balaban J connectivity index is 0.000000461. The van der Waals surface area contributed by atoms with Gasteiger partial charge in [-0.1, -0.05) is 20.8 Å². The molecule has 0 aliphatic carbocycles. The minimum atomic E-state index is 0.102. The van der Waals surface area contributed by atoms with Crippen molar-refractivity contribution in [3.05, 3.63) is 0 Å². The van der Waals surface area contributed by atoms with E-state index in [9.17, 15) is 0 Å².